The van der Waals surface area contributed by atoms with E-state index < -0.39 is 6.10 Å². The Morgan fingerprint density at radius 1 is 1.17 bits per heavy atom. The summed E-state index contributed by atoms with van der Waals surface area (Å²) in [4.78, 5) is 34.0. The molecular weight excluding hydrogens is 484 g/mol. The summed E-state index contributed by atoms with van der Waals surface area (Å²) in [5.41, 5.74) is 3.50. The summed E-state index contributed by atoms with van der Waals surface area (Å²) in [6.45, 7) is 5.47. The minimum Gasteiger partial charge on any atom is -0.481 e. The Balaban J connectivity index is 1.25. The van der Waals surface area contributed by atoms with E-state index in [1.54, 1.807) is 19.9 Å². The fourth-order valence-electron chi connectivity index (χ4n) is 3.52. The Hall–Kier alpha value is -3.63. The Labute approximate surface area is 208 Å². The lowest BCUT2D eigenvalue weighted by Gasteiger charge is -2.15. The highest BCUT2D eigenvalue weighted by molar-refractivity contribution is 8.00. The molecule has 0 bridgehead atoms. The van der Waals surface area contributed by atoms with Gasteiger partial charge in [-0.3, -0.25) is 9.59 Å². The van der Waals surface area contributed by atoms with Gasteiger partial charge in [0.2, 0.25) is 0 Å². The number of hydrogen-bond acceptors (Lipinski definition) is 8. The molecule has 35 heavy (non-hydrogen) atoms. The Morgan fingerprint density at radius 2 is 2.03 bits per heavy atom. The molecule has 0 aliphatic heterocycles. The van der Waals surface area contributed by atoms with Gasteiger partial charge in [0.05, 0.1) is 15.9 Å². The number of ether oxygens (including phenoxy) is 1. The van der Waals surface area contributed by atoms with Gasteiger partial charge in [-0.2, -0.15) is 0 Å². The minimum atomic E-state index is -0.645. The number of aryl methyl sites for hydroxylation is 2. The second-order valence-corrected chi connectivity index (χ2v) is 10.4. The van der Waals surface area contributed by atoms with E-state index in [1.165, 1.54) is 33.7 Å². The summed E-state index contributed by atoms with van der Waals surface area (Å²) in [6, 6.07) is 16.4. The van der Waals surface area contributed by atoms with Gasteiger partial charge in [-0.15, -0.1) is 15.9 Å². The van der Waals surface area contributed by atoms with Gasteiger partial charge in [0.15, 0.2) is 16.1 Å². The molecule has 0 saturated heterocycles. The molecule has 0 saturated carbocycles. The van der Waals surface area contributed by atoms with E-state index in [0.717, 1.165) is 20.1 Å². The fraction of sp³-hybridized carbons (Fsp3) is 0.200. The van der Waals surface area contributed by atoms with Gasteiger partial charge >= 0.3 is 0 Å². The number of hydrogen-bond donors (Lipinski definition) is 1. The minimum absolute atomic E-state index is 0.229. The van der Waals surface area contributed by atoms with Crippen LogP contribution in [-0.2, 0) is 10.5 Å². The van der Waals surface area contributed by atoms with Crippen LogP contribution in [-0.4, -0.2) is 26.6 Å². The number of carbonyl (C=O) groups excluding carboxylic acids is 1. The molecule has 5 aromatic rings. The number of benzene rings is 2. The van der Waals surface area contributed by atoms with Crippen LogP contribution in [0.5, 0.6) is 5.75 Å². The first-order chi connectivity index (χ1) is 16.8. The molecule has 178 valence electrons. The van der Waals surface area contributed by atoms with Gasteiger partial charge in [-0.05, 0) is 56.7 Å². The molecule has 0 aliphatic carbocycles. The Morgan fingerprint density at radius 3 is 2.86 bits per heavy atom. The van der Waals surface area contributed by atoms with Gasteiger partial charge in [0.1, 0.15) is 11.5 Å². The van der Waals surface area contributed by atoms with Crippen molar-refractivity contribution >= 4 is 50.6 Å². The van der Waals surface area contributed by atoms with Crippen LogP contribution in [0.4, 0.5) is 5.69 Å². The molecule has 1 atom stereocenters. The van der Waals surface area contributed by atoms with Crippen LogP contribution >= 0.6 is 23.1 Å². The number of nitrogens with one attached hydrogen (secondary N) is 1. The molecule has 0 spiro atoms. The largest absolute Gasteiger partial charge is 0.481 e. The summed E-state index contributed by atoms with van der Waals surface area (Å²) in [7, 11) is 0. The third-order valence-corrected chi connectivity index (χ3v) is 7.37. The second-order valence-electron chi connectivity index (χ2n) is 8.10. The lowest BCUT2D eigenvalue weighted by molar-refractivity contribution is -0.122. The Kier molecular flexibility index (Phi) is 6.31. The van der Waals surface area contributed by atoms with E-state index >= 15 is 0 Å². The zero-order chi connectivity index (χ0) is 24.5. The normalized spacial score (nSPS) is 12.2. The van der Waals surface area contributed by atoms with Crippen molar-refractivity contribution in [2.24, 2.45) is 0 Å². The van der Waals surface area contributed by atoms with Crippen LogP contribution < -0.4 is 15.6 Å². The van der Waals surface area contributed by atoms with E-state index in [-0.39, 0.29) is 11.5 Å². The monoisotopic (exact) mass is 506 g/mol. The molecule has 1 N–H and O–H groups in total. The van der Waals surface area contributed by atoms with Crippen molar-refractivity contribution in [1.82, 2.24) is 14.5 Å². The zero-order valence-corrected chi connectivity index (χ0v) is 20.9. The number of thioether (sulfide) groups is 1. The summed E-state index contributed by atoms with van der Waals surface area (Å²) >= 11 is 3.03. The predicted molar refractivity (Wildman–Crippen MR) is 138 cm³/mol. The number of anilines is 1. The number of fused-ring (bicyclic) bond motifs is 2. The van der Waals surface area contributed by atoms with E-state index in [4.69, 9.17) is 9.26 Å². The first-order valence-corrected chi connectivity index (χ1v) is 12.7. The van der Waals surface area contributed by atoms with Crippen LogP contribution in [0.2, 0.25) is 0 Å². The lowest BCUT2D eigenvalue weighted by atomic mass is 10.2. The summed E-state index contributed by atoms with van der Waals surface area (Å²) < 4.78 is 14.1. The van der Waals surface area contributed by atoms with Crippen LogP contribution in [0.15, 0.2) is 68.3 Å². The molecule has 1 amide bonds. The third kappa shape index (κ3) is 5.23. The summed E-state index contributed by atoms with van der Waals surface area (Å²) in [5.74, 6) is 1.57. The topological polar surface area (TPSA) is 98.7 Å². The highest BCUT2D eigenvalue weighted by atomic mass is 32.2. The molecule has 0 fully saturated rings. The first-order valence-electron chi connectivity index (χ1n) is 10.9. The van der Waals surface area contributed by atoms with Crippen molar-refractivity contribution in [3.8, 4) is 5.75 Å². The number of amides is 1. The maximum atomic E-state index is 12.6. The van der Waals surface area contributed by atoms with Gasteiger partial charge in [-0.1, -0.05) is 23.9 Å². The molecule has 0 radical (unpaired) electrons. The maximum absolute atomic E-state index is 12.6. The van der Waals surface area contributed by atoms with Gasteiger partial charge in [0, 0.05) is 23.6 Å². The number of aromatic nitrogens is 3. The SMILES string of the molecule is Cc1cccc(OC(C)C(=O)Nc2ccc3nc(SCc4cc(=O)n5oc(C)cc5n4)sc3c2)c1. The van der Waals surface area contributed by atoms with Crippen molar-refractivity contribution < 1.29 is 14.1 Å². The third-order valence-electron chi connectivity index (χ3n) is 5.18. The van der Waals surface area contributed by atoms with Crippen molar-refractivity contribution in [2.75, 3.05) is 5.32 Å². The van der Waals surface area contributed by atoms with Crippen molar-refractivity contribution in [3.05, 3.63) is 82.0 Å². The smallest absolute Gasteiger partial charge is 0.287 e. The molecule has 3 aromatic heterocycles. The van der Waals surface area contributed by atoms with Crippen molar-refractivity contribution in [2.45, 2.75) is 37.0 Å². The van der Waals surface area contributed by atoms with Crippen molar-refractivity contribution in [3.63, 3.8) is 0 Å². The van der Waals surface area contributed by atoms with Crippen LogP contribution in [0, 0.1) is 13.8 Å². The summed E-state index contributed by atoms with van der Waals surface area (Å²) in [6.07, 6.45) is -0.645. The lowest BCUT2D eigenvalue weighted by Crippen LogP contribution is -2.30. The molecule has 2 aromatic carbocycles. The number of thiazole rings is 1. The number of rotatable bonds is 7. The first kappa shape index (κ1) is 23.1. The predicted octanol–water partition coefficient (Wildman–Crippen LogP) is 5.21. The highest BCUT2D eigenvalue weighted by Crippen LogP contribution is 2.32. The molecule has 10 heteroatoms. The molecular formula is C25H22N4O4S2. The molecule has 8 nitrogen and oxygen atoms in total. The average Bonchev–Trinajstić information content (AvgIpc) is 3.40. The van der Waals surface area contributed by atoms with Gasteiger partial charge in [-0.25, -0.2) is 9.97 Å². The van der Waals surface area contributed by atoms with Crippen LogP contribution in [0.3, 0.4) is 0 Å². The number of carbonyl (C=O) groups is 1. The van der Waals surface area contributed by atoms with Crippen LogP contribution in [0.25, 0.3) is 15.9 Å². The zero-order valence-electron chi connectivity index (χ0n) is 19.3. The summed E-state index contributed by atoms with van der Waals surface area (Å²) in [5, 5.41) is 2.91. The maximum Gasteiger partial charge on any atom is 0.287 e. The van der Waals surface area contributed by atoms with Gasteiger partial charge in [0.25, 0.3) is 11.5 Å². The van der Waals surface area contributed by atoms with Crippen LogP contribution in [0.1, 0.15) is 23.9 Å². The fourth-order valence-corrected chi connectivity index (χ4v) is 5.52. The van der Waals surface area contributed by atoms with E-state index in [9.17, 15) is 9.59 Å². The quantitative estimate of drug-likeness (QED) is 0.303. The second kappa shape index (κ2) is 9.55. The van der Waals surface area contributed by atoms with E-state index in [1.807, 2.05) is 49.4 Å². The Bertz CT molecular complexity index is 1600. The molecule has 0 aliphatic rings. The average molecular weight is 507 g/mol. The standard InChI is InChI=1S/C25H22N4O4S2/c1-14-5-4-6-19(9-14)32-16(3)24(31)27-17-7-8-20-21(11-17)35-25(28-20)34-13-18-12-23(30)29-22(26-18)10-15(2)33-29/h4-12,16H,13H2,1-3H3,(H,27,31). The molecule has 1 unspecified atom stereocenters. The highest BCUT2D eigenvalue weighted by Gasteiger charge is 2.16. The molecule has 3 heterocycles. The van der Waals surface area contributed by atoms with E-state index in [2.05, 4.69) is 15.3 Å². The molecule has 5 rings (SSSR count). The van der Waals surface area contributed by atoms with Gasteiger partial charge < -0.3 is 14.6 Å². The van der Waals surface area contributed by atoms with E-state index in [0.29, 0.717) is 34.3 Å². The number of nitrogens with zero attached hydrogens (tertiary/aromatic N) is 3. The van der Waals surface area contributed by atoms with Crippen molar-refractivity contribution in [1.29, 1.82) is 0 Å².